The molecule has 5 heteroatoms. The van der Waals surface area contributed by atoms with Crippen LogP contribution in [-0.4, -0.2) is 25.8 Å². The zero-order chi connectivity index (χ0) is 15.8. The minimum atomic E-state index is -0.429. The molecule has 2 aromatic rings. The largest absolute Gasteiger partial charge is 0.493 e. The van der Waals surface area contributed by atoms with Gasteiger partial charge in [0.1, 0.15) is 30.3 Å². The van der Waals surface area contributed by atoms with E-state index in [2.05, 4.69) is 15.9 Å². The van der Waals surface area contributed by atoms with E-state index >= 15 is 0 Å². The van der Waals surface area contributed by atoms with E-state index in [9.17, 15) is 4.79 Å². The molecule has 0 aliphatic rings. The lowest BCUT2D eigenvalue weighted by molar-refractivity contribution is 0.0446. The van der Waals surface area contributed by atoms with E-state index < -0.39 is 5.97 Å². The van der Waals surface area contributed by atoms with Gasteiger partial charge in [-0.25, -0.2) is 4.79 Å². The maximum Gasteiger partial charge on any atom is 0.342 e. The van der Waals surface area contributed by atoms with Crippen LogP contribution in [-0.2, 0) is 4.74 Å². The van der Waals surface area contributed by atoms with Gasteiger partial charge in [-0.2, -0.15) is 0 Å². The summed E-state index contributed by atoms with van der Waals surface area (Å²) in [6, 6.07) is 14.6. The Bertz CT molecular complexity index is 613. The van der Waals surface area contributed by atoms with Gasteiger partial charge in [0, 0.05) is 4.47 Å². The molecule has 2 rings (SSSR count). The number of benzene rings is 2. The minimum Gasteiger partial charge on any atom is -0.493 e. The van der Waals surface area contributed by atoms with Gasteiger partial charge in [0.25, 0.3) is 0 Å². The van der Waals surface area contributed by atoms with E-state index in [-0.39, 0.29) is 6.61 Å². The second kappa shape index (κ2) is 8.44. The molecule has 0 amide bonds. The molecule has 0 heterocycles. The maximum absolute atomic E-state index is 12.1. The fourth-order valence-electron chi connectivity index (χ4n) is 1.83. The minimum absolute atomic E-state index is 0.172. The van der Waals surface area contributed by atoms with E-state index in [0.717, 1.165) is 10.2 Å². The number of esters is 1. The van der Waals surface area contributed by atoms with Gasteiger partial charge in [-0.1, -0.05) is 34.1 Å². The quantitative estimate of drug-likeness (QED) is 0.548. The molecule has 116 valence electrons. The second-order valence-corrected chi connectivity index (χ2v) is 5.29. The van der Waals surface area contributed by atoms with Crippen molar-refractivity contribution in [3.63, 3.8) is 0 Å². The summed E-state index contributed by atoms with van der Waals surface area (Å²) < 4.78 is 16.9. The summed E-state index contributed by atoms with van der Waals surface area (Å²) in [7, 11) is 0. The van der Waals surface area contributed by atoms with E-state index in [4.69, 9.17) is 14.2 Å². The molecule has 0 atom stereocenters. The predicted octanol–water partition coefficient (Wildman–Crippen LogP) is 4.08. The van der Waals surface area contributed by atoms with Crippen molar-refractivity contribution in [2.75, 3.05) is 19.8 Å². The molecule has 0 aromatic heterocycles. The van der Waals surface area contributed by atoms with Gasteiger partial charge < -0.3 is 14.2 Å². The van der Waals surface area contributed by atoms with E-state index in [1.54, 1.807) is 12.1 Å². The SMILES string of the molecule is CCOc1ccc(Br)cc1C(=O)OCCOc1ccccc1. The van der Waals surface area contributed by atoms with Crippen molar-refractivity contribution in [3.8, 4) is 11.5 Å². The Morgan fingerprint density at radius 2 is 1.82 bits per heavy atom. The third kappa shape index (κ3) is 4.77. The summed E-state index contributed by atoms with van der Waals surface area (Å²) >= 11 is 3.34. The third-order valence-electron chi connectivity index (χ3n) is 2.79. The van der Waals surface area contributed by atoms with Gasteiger partial charge in [0.15, 0.2) is 0 Å². The first kappa shape index (κ1) is 16.4. The van der Waals surface area contributed by atoms with Crippen molar-refractivity contribution in [3.05, 3.63) is 58.6 Å². The summed E-state index contributed by atoms with van der Waals surface area (Å²) in [4.78, 5) is 12.1. The zero-order valence-electron chi connectivity index (χ0n) is 12.3. The number of hydrogen-bond donors (Lipinski definition) is 0. The molecule has 0 unspecified atom stereocenters. The van der Waals surface area contributed by atoms with Crippen LogP contribution in [0.2, 0.25) is 0 Å². The molecule has 0 bridgehead atoms. The average Bonchev–Trinajstić information content (AvgIpc) is 2.54. The highest BCUT2D eigenvalue weighted by molar-refractivity contribution is 9.10. The van der Waals surface area contributed by atoms with Crippen molar-refractivity contribution in [2.24, 2.45) is 0 Å². The Morgan fingerprint density at radius 3 is 2.55 bits per heavy atom. The summed E-state index contributed by atoms with van der Waals surface area (Å²) in [6.07, 6.45) is 0. The molecule has 0 saturated heterocycles. The van der Waals surface area contributed by atoms with Crippen LogP contribution in [0.15, 0.2) is 53.0 Å². The number of hydrogen-bond acceptors (Lipinski definition) is 4. The van der Waals surface area contributed by atoms with Gasteiger partial charge >= 0.3 is 5.97 Å². The number of ether oxygens (including phenoxy) is 3. The van der Waals surface area contributed by atoms with Crippen LogP contribution in [0.5, 0.6) is 11.5 Å². The number of rotatable bonds is 7. The van der Waals surface area contributed by atoms with Crippen LogP contribution in [0, 0.1) is 0 Å². The molecule has 4 nitrogen and oxygen atoms in total. The molecular weight excluding hydrogens is 348 g/mol. The molecule has 0 aliphatic heterocycles. The third-order valence-corrected chi connectivity index (χ3v) is 3.28. The van der Waals surface area contributed by atoms with Crippen LogP contribution >= 0.6 is 15.9 Å². The highest BCUT2D eigenvalue weighted by Crippen LogP contribution is 2.24. The number of halogens is 1. The van der Waals surface area contributed by atoms with Gasteiger partial charge in [-0.3, -0.25) is 0 Å². The van der Waals surface area contributed by atoms with Gasteiger partial charge in [0.05, 0.1) is 6.61 Å². The molecular formula is C17H17BrO4. The molecule has 0 aliphatic carbocycles. The van der Waals surface area contributed by atoms with E-state index in [1.165, 1.54) is 0 Å². The second-order valence-electron chi connectivity index (χ2n) is 4.37. The van der Waals surface area contributed by atoms with Gasteiger partial charge in [-0.05, 0) is 37.3 Å². The smallest absolute Gasteiger partial charge is 0.342 e. The summed E-state index contributed by atoms with van der Waals surface area (Å²) in [5.41, 5.74) is 0.399. The molecule has 0 N–H and O–H groups in total. The predicted molar refractivity (Wildman–Crippen MR) is 87.5 cm³/mol. The lowest BCUT2D eigenvalue weighted by atomic mass is 10.2. The van der Waals surface area contributed by atoms with Crippen molar-refractivity contribution < 1.29 is 19.0 Å². The van der Waals surface area contributed by atoms with Crippen LogP contribution in [0.1, 0.15) is 17.3 Å². The van der Waals surface area contributed by atoms with E-state index in [0.29, 0.717) is 24.5 Å². The molecule has 0 radical (unpaired) electrons. The molecule has 0 saturated carbocycles. The monoisotopic (exact) mass is 364 g/mol. The number of carbonyl (C=O) groups is 1. The van der Waals surface area contributed by atoms with E-state index in [1.807, 2.05) is 43.3 Å². The summed E-state index contributed by atoms with van der Waals surface area (Å²) in [5, 5.41) is 0. The highest BCUT2D eigenvalue weighted by atomic mass is 79.9. The maximum atomic E-state index is 12.1. The van der Waals surface area contributed by atoms with Crippen LogP contribution in [0.4, 0.5) is 0 Å². The lowest BCUT2D eigenvalue weighted by Gasteiger charge is -2.11. The summed E-state index contributed by atoms with van der Waals surface area (Å²) in [5.74, 6) is 0.831. The number of carbonyl (C=O) groups excluding carboxylic acids is 1. The van der Waals surface area contributed by atoms with Gasteiger partial charge in [0.2, 0.25) is 0 Å². The average molecular weight is 365 g/mol. The first-order valence-electron chi connectivity index (χ1n) is 6.98. The summed E-state index contributed by atoms with van der Waals surface area (Å²) in [6.45, 7) is 2.82. The normalized spacial score (nSPS) is 10.1. The highest BCUT2D eigenvalue weighted by Gasteiger charge is 2.14. The van der Waals surface area contributed by atoms with Crippen molar-refractivity contribution in [1.82, 2.24) is 0 Å². The molecule has 2 aromatic carbocycles. The Labute approximate surface area is 138 Å². The Kier molecular flexibility index (Phi) is 6.27. The fourth-order valence-corrected chi connectivity index (χ4v) is 2.19. The lowest BCUT2D eigenvalue weighted by Crippen LogP contribution is -2.13. The Balaban J connectivity index is 1.88. The van der Waals surface area contributed by atoms with Crippen molar-refractivity contribution in [2.45, 2.75) is 6.92 Å². The Hall–Kier alpha value is -2.01. The van der Waals surface area contributed by atoms with Crippen molar-refractivity contribution >= 4 is 21.9 Å². The first-order valence-corrected chi connectivity index (χ1v) is 7.77. The topological polar surface area (TPSA) is 44.8 Å². The zero-order valence-corrected chi connectivity index (χ0v) is 13.8. The van der Waals surface area contributed by atoms with Crippen molar-refractivity contribution in [1.29, 1.82) is 0 Å². The molecule has 0 fully saturated rings. The molecule has 0 spiro atoms. The standard InChI is InChI=1S/C17H17BrO4/c1-2-20-16-9-8-13(18)12-15(16)17(19)22-11-10-21-14-6-4-3-5-7-14/h3-9,12H,2,10-11H2,1H3. The fraction of sp³-hybridized carbons (Fsp3) is 0.235. The Morgan fingerprint density at radius 1 is 1.05 bits per heavy atom. The van der Waals surface area contributed by atoms with Crippen LogP contribution in [0.25, 0.3) is 0 Å². The molecule has 22 heavy (non-hydrogen) atoms. The first-order chi connectivity index (χ1) is 10.7. The number of para-hydroxylation sites is 1. The van der Waals surface area contributed by atoms with Crippen LogP contribution < -0.4 is 9.47 Å². The van der Waals surface area contributed by atoms with Gasteiger partial charge in [-0.15, -0.1) is 0 Å². The van der Waals surface area contributed by atoms with Crippen LogP contribution in [0.3, 0.4) is 0 Å².